The van der Waals surface area contributed by atoms with Crippen LogP contribution in [0.3, 0.4) is 0 Å². The number of hydrogen-bond donors (Lipinski definition) is 1. The summed E-state index contributed by atoms with van der Waals surface area (Å²) in [6, 6.07) is 3.91. The molecule has 0 unspecified atom stereocenters. The smallest absolute Gasteiger partial charge is 0.343 e. The SMILES string of the molecule is Cc1nn(C)c(Oc2cc(F)ccc2Br)c1C(=O)O. The van der Waals surface area contributed by atoms with Crippen LogP contribution in [-0.4, -0.2) is 20.9 Å². The molecule has 0 aliphatic carbocycles. The van der Waals surface area contributed by atoms with Crippen LogP contribution in [0.5, 0.6) is 11.6 Å². The summed E-state index contributed by atoms with van der Waals surface area (Å²) in [5.74, 6) is -1.39. The Balaban J connectivity index is 2.49. The van der Waals surface area contributed by atoms with Gasteiger partial charge in [-0.25, -0.2) is 13.9 Å². The summed E-state index contributed by atoms with van der Waals surface area (Å²) in [4.78, 5) is 11.2. The molecule has 0 saturated heterocycles. The molecule has 0 atom stereocenters. The average Bonchev–Trinajstić information content (AvgIpc) is 2.59. The van der Waals surface area contributed by atoms with Gasteiger partial charge in [0.05, 0.1) is 10.2 Å². The number of nitrogens with zero attached hydrogens (tertiary/aromatic N) is 2. The van der Waals surface area contributed by atoms with Crippen molar-refractivity contribution in [2.75, 3.05) is 0 Å². The number of hydrogen-bond acceptors (Lipinski definition) is 3. The number of rotatable bonds is 3. The Morgan fingerprint density at radius 3 is 2.84 bits per heavy atom. The molecule has 1 heterocycles. The van der Waals surface area contributed by atoms with Crippen molar-refractivity contribution in [3.63, 3.8) is 0 Å². The molecule has 5 nitrogen and oxygen atoms in total. The topological polar surface area (TPSA) is 64.4 Å². The number of carboxylic acids is 1. The summed E-state index contributed by atoms with van der Waals surface area (Å²) in [5, 5.41) is 13.1. The predicted octanol–water partition coefficient (Wildman–Crippen LogP) is 3.12. The van der Waals surface area contributed by atoms with E-state index in [1.54, 1.807) is 14.0 Å². The molecule has 0 bridgehead atoms. The first-order valence-corrected chi connectivity index (χ1v) is 6.09. The van der Waals surface area contributed by atoms with Crippen LogP contribution in [0.15, 0.2) is 22.7 Å². The van der Waals surface area contributed by atoms with E-state index in [4.69, 9.17) is 9.84 Å². The molecular weight excluding hydrogens is 319 g/mol. The highest BCUT2D eigenvalue weighted by atomic mass is 79.9. The maximum absolute atomic E-state index is 13.2. The van der Waals surface area contributed by atoms with Crippen molar-refractivity contribution >= 4 is 21.9 Å². The van der Waals surface area contributed by atoms with E-state index in [-0.39, 0.29) is 17.2 Å². The highest BCUT2D eigenvalue weighted by Crippen LogP contribution is 2.32. The molecule has 0 radical (unpaired) electrons. The largest absolute Gasteiger partial charge is 0.477 e. The van der Waals surface area contributed by atoms with Gasteiger partial charge in [-0.3, -0.25) is 0 Å². The first-order valence-electron chi connectivity index (χ1n) is 5.30. The fraction of sp³-hybridized carbons (Fsp3) is 0.167. The molecule has 19 heavy (non-hydrogen) atoms. The lowest BCUT2D eigenvalue weighted by atomic mass is 10.2. The van der Waals surface area contributed by atoms with Crippen LogP contribution in [0, 0.1) is 12.7 Å². The fourth-order valence-corrected chi connectivity index (χ4v) is 1.99. The Kier molecular flexibility index (Phi) is 3.57. The lowest BCUT2D eigenvalue weighted by Crippen LogP contribution is -2.02. The summed E-state index contributed by atoms with van der Waals surface area (Å²) in [6.07, 6.45) is 0. The van der Waals surface area contributed by atoms with Gasteiger partial charge in [-0.2, -0.15) is 5.10 Å². The monoisotopic (exact) mass is 328 g/mol. The van der Waals surface area contributed by atoms with Crippen molar-refractivity contribution in [3.8, 4) is 11.6 Å². The second-order valence-corrected chi connectivity index (χ2v) is 4.73. The normalized spacial score (nSPS) is 10.5. The highest BCUT2D eigenvalue weighted by molar-refractivity contribution is 9.10. The van der Waals surface area contributed by atoms with Crippen LogP contribution < -0.4 is 4.74 Å². The number of benzene rings is 1. The Hall–Kier alpha value is -1.89. The van der Waals surface area contributed by atoms with Crippen molar-refractivity contribution in [1.29, 1.82) is 0 Å². The van der Waals surface area contributed by atoms with Gasteiger partial charge in [-0.1, -0.05) is 0 Å². The zero-order chi connectivity index (χ0) is 14.2. The number of carbonyl (C=O) groups is 1. The molecule has 2 rings (SSSR count). The van der Waals surface area contributed by atoms with E-state index in [1.807, 2.05) is 0 Å². The van der Waals surface area contributed by atoms with Crippen molar-refractivity contribution < 1.29 is 19.0 Å². The van der Waals surface area contributed by atoms with Crippen molar-refractivity contribution in [2.24, 2.45) is 7.05 Å². The third kappa shape index (κ3) is 2.60. The highest BCUT2D eigenvalue weighted by Gasteiger charge is 2.22. The van der Waals surface area contributed by atoms with E-state index in [0.29, 0.717) is 10.2 Å². The Labute approximate surface area is 116 Å². The number of aryl methyl sites for hydroxylation is 2. The maximum atomic E-state index is 13.2. The van der Waals surface area contributed by atoms with Crippen molar-refractivity contribution in [2.45, 2.75) is 6.92 Å². The maximum Gasteiger partial charge on any atom is 0.343 e. The first-order chi connectivity index (χ1) is 8.90. The molecule has 1 N–H and O–H groups in total. The number of carboxylic acid groups (broad SMARTS) is 1. The molecule has 1 aromatic carbocycles. The van der Waals surface area contributed by atoms with Gasteiger partial charge in [0.15, 0.2) is 0 Å². The van der Waals surface area contributed by atoms with Gasteiger partial charge in [-0.15, -0.1) is 0 Å². The van der Waals surface area contributed by atoms with Gasteiger partial charge in [0.2, 0.25) is 5.88 Å². The molecule has 1 aromatic heterocycles. The number of halogens is 2. The van der Waals surface area contributed by atoms with E-state index < -0.39 is 11.8 Å². The van der Waals surface area contributed by atoms with E-state index in [9.17, 15) is 9.18 Å². The second kappa shape index (κ2) is 5.00. The molecule has 0 amide bonds. The minimum atomic E-state index is -1.15. The molecule has 0 aliphatic rings. The number of aromatic nitrogens is 2. The summed E-state index contributed by atoms with van der Waals surface area (Å²) < 4.78 is 20.5. The summed E-state index contributed by atoms with van der Waals surface area (Å²) >= 11 is 3.21. The second-order valence-electron chi connectivity index (χ2n) is 3.87. The van der Waals surface area contributed by atoms with Gasteiger partial charge in [-0.05, 0) is 35.0 Å². The lowest BCUT2D eigenvalue weighted by Gasteiger charge is -2.08. The van der Waals surface area contributed by atoms with E-state index in [1.165, 1.54) is 16.8 Å². The van der Waals surface area contributed by atoms with Gasteiger partial charge < -0.3 is 9.84 Å². The molecule has 100 valence electrons. The number of ether oxygens (including phenoxy) is 1. The molecule has 0 fully saturated rings. The van der Waals surface area contributed by atoms with Crippen LogP contribution in [0.2, 0.25) is 0 Å². The molecule has 0 spiro atoms. The van der Waals surface area contributed by atoms with Gasteiger partial charge in [0, 0.05) is 13.1 Å². The summed E-state index contributed by atoms with van der Waals surface area (Å²) in [5.41, 5.74) is 0.288. The van der Waals surface area contributed by atoms with Crippen LogP contribution in [0.25, 0.3) is 0 Å². The zero-order valence-electron chi connectivity index (χ0n) is 10.1. The van der Waals surface area contributed by atoms with E-state index >= 15 is 0 Å². The van der Waals surface area contributed by atoms with E-state index in [2.05, 4.69) is 21.0 Å². The Bertz CT molecular complexity index is 655. The van der Waals surface area contributed by atoms with E-state index in [0.717, 1.165) is 6.07 Å². The fourth-order valence-electron chi connectivity index (χ4n) is 1.66. The molecular formula is C12H10BrFN2O3. The molecule has 2 aromatic rings. The quantitative estimate of drug-likeness (QED) is 0.940. The van der Waals surface area contributed by atoms with Crippen LogP contribution in [0.4, 0.5) is 4.39 Å². The summed E-state index contributed by atoms with van der Waals surface area (Å²) in [7, 11) is 1.56. The van der Waals surface area contributed by atoms with Gasteiger partial charge >= 0.3 is 5.97 Å². The predicted molar refractivity (Wildman–Crippen MR) is 69.1 cm³/mol. The molecule has 7 heteroatoms. The van der Waals surface area contributed by atoms with Crippen molar-refractivity contribution in [1.82, 2.24) is 9.78 Å². The lowest BCUT2D eigenvalue weighted by molar-refractivity contribution is 0.0693. The number of aromatic carboxylic acids is 1. The third-order valence-corrected chi connectivity index (χ3v) is 3.14. The van der Waals surface area contributed by atoms with Crippen LogP contribution >= 0.6 is 15.9 Å². The standard InChI is InChI=1S/C12H10BrFN2O3/c1-6-10(12(17)18)11(16(2)15-6)19-9-5-7(14)3-4-8(9)13/h3-5H,1-2H3,(H,17,18). The third-order valence-electron chi connectivity index (χ3n) is 2.48. The van der Waals surface area contributed by atoms with Gasteiger partial charge in [0.1, 0.15) is 17.1 Å². The first kappa shape index (κ1) is 13.5. The van der Waals surface area contributed by atoms with Crippen LogP contribution in [0.1, 0.15) is 16.1 Å². The van der Waals surface area contributed by atoms with Crippen molar-refractivity contribution in [3.05, 3.63) is 39.7 Å². The van der Waals surface area contributed by atoms with Crippen LogP contribution in [-0.2, 0) is 7.05 Å². The Morgan fingerprint density at radius 1 is 1.53 bits per heavy atom. The molecule has 0 saturated carbocycles. The zero-order valence-corrected chi connectivity index (χ0v) is 11.7. The summed E-state index contributed by atoms with van der Waals surface area (Å²) in [6.45, 7) is 1.57. The Morgan fingerprint density at radius 2 is 2.21 bits per heavy atom. The molecule has 0 aliphatic heterocycles. The minimum Gasteiger partial charge on any atom is -0.477 e. The average molecular weight is 329 g/mol. The van der Waals surface area contributed by atoms with Gasteiger partial charge in [0.25, 0.3) is 0 Å². The minimum absolute atomic E-state index is 0.0429.